The number of nitrogens with zero attached hydrogens (tertiary/aromatic N) is 1. The molecule has 0 unspecified atom stereocenters. The van der Waals surface area contributed by atoms with Crippen molar-refractivity contribution in [1.82, 2.24) is 4.90 Å². The summed E-state index contributed by atoms with van der Waals surface area (Å²) in [5.41, 5.74) is 0.870. The second kappa shape index (κ2) is 6.48. The van der Waals surface area contributed by atoms with Gasteiger partial charge in [-0.05, 0) is 31.0 Å². The first-order valence-electron chi connectivity index (χ1n) is 7.90. The van der Waals surface area contributed by atoms with E-state index in [4.69, 9.17) is 9.16 Å². The van der Waals surface area contributed by atoms with Gasteiger partial charge < -0.3 is 9.16 Å². The Morgan fingerprint density at radius 1 is 1.45 bits per heavy atom. The molecule has 1 amide bonds. The van der Waals surface area contributed by atoms with Gasteiger partial charge in [-0.15, -0.1) is 0 Å². The molecule has 1 saturated heterocycles. The van der Waals surface area contributed by atoms with Crippen LogP contribution in [0.25, 0.3) is 0 Å². The number of amides is 1. The number of ether oxygens (including phenoxy) is 1. The Labute approximate surface area is 136 Å². The van der Waals surface area contributed by atoms with Gasteiger partial charge in [0, 0.05) is 5.57 Å². The summed E-state index contributed by atoms with van der Waals surface area (Å²) in [6.45, 7) is 21.3. The molecule has 1 aliphatic rings. The first-order chi connectivity index (χ1) is 9.92. The molecule has 1 atom stereocenters. The van der Waals surface area contributed by atoms with Crippen LogP contribution < -0.4 is 0 Å². The standard InChI is InChI=1S/C17H31NO3Si/c1-10-13(4)15(21-22(8,9)17(5,6)7)18-14(12(2)3)11-20-16(18)19/h10,12,14H,1,11H2,2-9H3/b15-13+/t14-/m1/s1. The van der Waals surface area contributed by atoms with Crippen molar-refractivity contribution in [2.45, 2.75) is 65.7 Å². The average Bonchev–Trinajstić information content (AvgIpc) is 2.75. The van der Waals surface area contributed by atoms with Crippen LogP contribution in [-0.4, -0.2) is 32.0 Å². The van der Waals surface area contributed by atoms with Crippen molar-refractivity contribution < 1.29 is 14.0 Å². The van der Waals surface area contributed by atoms with E-state index in [9.17, 15) is 4.79 Å². The lowest BCUT2D eigenvalue weighted by molar-refractivity contribution is 0.146. The van der Waals surface area contributed by atoms with Gasteiger partial charge in [0.25, 0.3) is 8.32 Å². The normalized spacial score (nSPS) is 20.9. The Morgan fingerprint density at radius 2 is 2.00 bits per heavy atom. The molecule has 5 heteroatoms. The molecule has 4 nitrogen and oxygen atoms in total. The Bertz CT molecular complexity index is 475. The quantitative estimate of drug-likeness (QED) is 0.410. The van der Waals surface area contributed by atoms with Crippen LogP contribution >= 0.6 is 0 Å². The highest BCUT2D eigenvalue weighted by molar-refractivity contribution is 6.74. The fourth-order valence-electron chi connectivity index (χ4n) is 1.96. The Balaban J connectivity index is 3.26. The topological polar surface area (TPSA) is 38.8 Å². The third kappa shape index (κ3) is 3.75. The summed E-state index contributed by atoms with van der Waals surface area (Å²) >= 11 is 0. The molecule has 0 spiro atoms. The fourth-order valence-corrected chi connectivity index (χ4v) is 3.01. The molecule has 0 aromatic rings. The average molecular weight is 326 g/mol. The second-order valence-electron chi connectivity index (χ2n) is 7.81. The van der Waals surface area contributed by atoms with Gasteiger partial charge in [-0.2, -0.15) is 0 Å². The van der Waals surface area contributed by atoms with Crippen molar-refractivity contribution in [1.29, 1.82) is 0 Å². The molecule has 1 fully saturated rings. The number of allylic oxidation sites excluding steroid dienone is 2. The molecule has 0 aliphatic carbocycles. The van der Waals surface area contributed by atoms with E-state index in [2.05, 4.69) is 54.3 Å². The molecule has 1 heterocycles. The zero-order valence-electron chi connectivity index (χ0n) is 15.3. The molecule has 0 saturated carbocycles. The van der Waals surface area contributed by atoms with Crippen LogP contribution in [0.2, 0.25) is 18.1 Å². The van der Waals surface area contributed by atoms with Gasteiger partial charge in [0.05, 0.1) is 6.04 Å². The lowest BCUT2D eigenvalue weighted by Crippen LogP contribution is -2.46. The second-order valence-corrected chi connectivity index (χ2v) is 12.5. The summed E-state index contributed by atoms with van der Waals surface area (Å²) in [5, 5.41) is 0.0522. The number of hydrogen-bond donors (Lipinski definition) is 0. The molecule has 1 rings (SSSR count). The van der Waals surface area contributed by atoms with Crippen molar-refractivity contribution in [3.05, 3.63) is 24.1 Å². The Hall–Kier alpha value is -1.23. The highest BCUT2D eigenvalue weighted by Gasteiger charge is 2.44. The third-order valence-electron chi connectivity index (χ3n) is 4.70. The summed E-state index contributed by atoms with van der Waals surface area (Å²) in [5.74, 6) is 0.907. The van der Waals surface area contributed by atoms with Crippen molar-refractivity contribution in [2.75, 3.05) is 6.61 Å². The van der Waals surface area contributed by atoms with Crippen LogP contribution in [0.3, 0.4) is 0 Å². The molecule has 126 valence electrons. The van der Waals surface area contributed by atoms with Crippen LogP contribution in [0.4, 0.5) is 4.79 Å². The number of hydrogen-bond acceptors (Lipinski definition) is 3. The van der Waals surface area contributed by atoms with E-state index >= 15 is 0 Å². The van der Waals surface area contributed by atoms with Gasteiger partial charge >= 0.3 is 6.09 Å². The van der Waals surface area contributed by atoms with Gasteiger partial charge in [0.2, 0.25) is 0 Å². The summed E-state index contributed by atoms with van der Waals surface area (Å²) in [6.07, 6.45) is 1.42. The Kier molecular flexibility index (Phi) is 5.55. The zero-order valence-corrected chi connectivity index (χ0v) is 16.3. The number of rotatable bonds is 5. The molecule has 0 aromatic carbocycles. The maximum Gasteiger partial charge on any atom is 0.417 e. The smallest absolute Gasteiger partial charge is 0.417 e. The summed E-state index contributed by atoms with van der Waals surface area (Å²) in [6, 6.07) is 0.00201. The molecular formula is C17H31NO3Si. The fraction of sp³-hybridized carbons (Fsp3) is 0.706. The van der Waals surface area contributed by atoms with Crippen molar-refractivity contribution in [2.24, 2.45) is 5.92 Å². The lowest BCUT2D eigenvalue weighted by atomic mass is 10.0. The largest absolute Gasteiger partial charge is 0.531 e. The highest BCUT2D eigenvalue weighted by Crippen LogP contribution is 2.40. The monoisotopic (exact) mass is 325 g/mol. The van der Waals surface area contributed by atoms with Gasteiger partial charge in [-0.3, -0.25) is 0 Å². The number of carbonyl (C=O) groups excluding carboxylic acids is 1. The molecule has 1 aliphatic heterocycles. The van der Waals surface area contributed by atoms with Crippen LogP contribution in [0.1, 0.15) is 41.5 Å². The minimum Gasteiger partial charge on any atom is -0.531 e. The van der Waals surface area contributed by atoms with E-state index in [1.165, 1.54) is 0 Å². The highest BCUT2D eigenvalue weighted by atomic mass is 28.4. The summed E-state index contributed by atoms with van der Waals surface area (Å²) in [4.78, 5) is 13.9. The van der Waals surface area contributed by atoms with E-state index in [-0.39, 0.29) is 17.2 Å². The first-order valence-corrected chi connectivity index (χ1v) is 10.8. The van der Waals surface area contributed by atoms with Crippen molar-refractivity contribution in [3.63, 3.8) is 0 Å². The van der Waals surface area contributed by atoms with E-state index in [0.29, 0.717) is 18.4 Å². The van der Waals surface area contributed by atoms with Crippen LogP contribution in [-0.2, 0) is 9.16 Å². The maximum atomic E-state index is 12.3. The molecule has 22 heavy (non-hydrogen) atoms. The van der Waals surface area contributed by atoms with Crippen LogP contribution in [0, 0.1) is 5.92 Å². The maximum absolute atomic E-state index is 12.3. The van der Waals surface area contributed by atoms with Gasteiger partial charge in [0.1, 0.15) is 6.61 Å². The summed E-state index contributed by atoms with van der Waals surface area (Å²) in [7, 11) is -2.06. The predicted octanol–water partition coefficient (Wildman–Crippen LogP) is 4.90. The van der Waals surface area contributed by atoms with E-state index in [0.717, 1.165) is 5.57 Å². The number of carbonyl (C=O) groups is 1. The SMILES string of the molecule is C=C/C(C)=C(/O[Si](C)(C)C(C)(C)C)N1C(=O)OC[C@@H]1C(C)C. The zero-order chi connectivity index (χ0) is 17.3. The van der Waals surface area contributed by atoms with Crippen LogP contribution in [0.15, 0.2) is 24.1 Å². The molecular weight excluding hydrogens is 294 g/mol. The molecule has 0 N–H and O–H groups in total. The number of cyclic esters (lactones) is 1. The van der Waals surface area contributed by atoms with Crippen molar-refractivity contribution in [3.8, 4) is 0 Å². The molecule has 0 aromatic heterocycles. The minimum absolute atomic E-state index is 0.00201. The van der Waals surface area contributed by atoms with E-state index < -0.39 is 8.32 Å². The lowest BCUT2D eigenvalue weighted by Gasteiger charge is -2.40. The molecule has 0 bridgehead atoms. The summed E-state index contributed by atoms with van der Waals surface area (Å²) < 4.78 is 11.7. The van der Waals surface area contributed by atoms with E-state index in [1.54, 1.807) is 11.0 Å². The van der Waals surface area contributed by atoms with Gasteiger partial charge in [-0.25, -0.2) is 9.69 Å². The van der Waals surface area contributed by atoms with Crippen LogP contribution in [0.5, 0.6) is 0 Å². The Morgan fingerprint density at radius 3 is 2.41 bits per heavy atom. The molecule has 0 radical (unpaired) electrons. The van der Waals surface area contributed by atoms with Gasteiger partial charge in [-0.1, -0.05) is 47.3 Å². The van der Waals surface area contributed by atoms with E-state index in [1.807, 2.05) is 6.92 Å². The van der Waals surface area contributed by atoms with Gasteiger partial charge in [0.15, 0.2) is 5.88 Å². The van der Waals surface area contributed by atoms with Crippen molar-refractivity contribution >= 4 is 14.4 Å². The first kappa shape index (κ1) is 18.8. The predicted molar refractivity (Wildman–Crippen MR) is 93.0 cm³/mol. The minimum atomic E-state index is -2.06. The third-order valence-corrected chi connectivity index (χ3v) is 9.01.